The number of halogens is 1. The average Bonchev–Trinajstić information content (AvgIpc) is 2.90. The summed E-state index contributed by atoms with van der Waals surface area (Å²) in [6.07, 6.45) is 2.06. The Balaban J connectivity index is 1.96. The molecule has 0 bridgehead atoms. The Bertz CT molecular complexity index is 862. The third kappa shape index (κ3) is 3.70. The number of aromatic nitrogens is 3. The molecule has 1 aromatic carbocycles. The highest BCUT2D eigenvalue weighted by Crippen LogP contribution is 2.26. The first kappa shape index (κ1) is 18.7. The van der Waals surface area contributed by atoms with Gasteiger partial charge in [-0.2, -0.15) is 5.10 Å². The number of carbonyl (C=O) groups excluding carboxylic acids is 1. The lowest BCUT2D eigenvalue weighted by atomic mass is 10.0. The third-order valence-corrected chi connectivity index (χ3v) is 4.74. The van der Waals surface area contributed by atoms with E-state index in [2.05, 4.69) is 5.10 Å². The first-order chi connectivity index (χ1) is 12.2. The first-order valence-corrected chi connectivity index (χ1v) is 9.23. The molecule has 0 unspecified atom stereocenters. The van der Waals surface area contributed by atoms with E-state index in [1.165, 1.54) is 9.25 Å². The molecule has 1 aliphatic rings. The van der Waals surface area contributed by atoms with E-state index in [-0.39, 0.29) is 17.7 Å². The number of nitrogens with zero attached hydrogens (tertiary/aromatic N) is 3. The van der Waals surface area contributed by atoms with E-state index in [0.717, 1.165) is 12.0 Å². The number of esters is 1. The molecule has 2 atom stereocenters. The summed E-state index contributed by atoms with van der Waals surface area (Å²) >= 11 is 5.94. The van der Waals surface area contributed by atoms with Crippen LogP contribution in [0.4, 0.5) is 0 Å². The largest absolute Gasteiger partial charge is 0.458 e. The maximum Gasteiger partial charge on any atom is 0.347 e. The molecule has 0 saturated heterocycles. The molecule has 2 aromatic rings. The highest BCUT2D eigenvalue weighted by molar-refractivity contribution is 6.30. The lowest BCUT2D eigenvalue weighted by Gasteiger charge is -2.26. The Hall–Kier alpha value is -2.08. The second-order valence-corrected chi connectivity index (χ2v) is 8.12. The van der Waals surface area contributed by atoms with Crippen LogP contribution in [0.3, 0.4) is 0 Å². The molecule has 140 valence electrons. The van der Waals surface area contributed by atoms with Gasteiger partial charge in [-0.1, -0.05) is 23.7 Å². The topological polar surface area (TPSA) is 66.1 Å². The summed E-state index contributed by atoms with van der Waals surface area (Å²) in [5.74, 6) is 0.261. The zero-order valence-electron chi connectivity index (χ0n) is 15.5. The predicted molar refractivity (Wildman–Crippen MR) is 99.6 cm³/mol. The van der Waals surface area contributed by atoms with Gasteiger partial charge in [-0.3, -0.25) is 4.57 Å². The molecule has 0 radical (unpaired) electrons. The minimum Gasteiger partial charge on any atom is -0.458 e. The number of hydrogen-bond acceptors (Lipinski definition) is 4. The van der Waals surface area contributed by atoms with Gasteiger partial charge < -0.3 is 4.74 Å². The molecule has 0 amide bonds. The predicted octanol–water partition coefficient (Wildman–Crippen LogP) is 3.53. The minimum atomic E-state index is -0.614. The Morgan fingerprint density at radius 2 is 1.96 bits per heavy atom. The molecule has 0 fully saturated rings. The quantitative estimate of drug-likeness (QED) is 0.767. The lowest BCUT2D eigenvalue weighted by molar-refractivity contribution is -0.159. The van der Waals surface area contributed by atoms with Crippen molar-refractivity contribution in [1.82, 2.24) is 14.3 Å². The van der Waals surface area contributed by atoms with Gasteiger partial charge in [-0.25, -0.2) is 14.3 Å². The smallest absolute Gasteiger partial charge is 0.347 e. The van der Waals surface area contributed by atoms with E-state index >= 15 is 0 Å². The zero-order valence-corrected chi connectivity index (χ0v) is 16.3. The molecule has 0 spiro atoms. The van der Waals surface area contributed by atoms with Gasteiger partial charge in [0.05, 0.1) is 6.04 Å². The Kier molecular flexibility index (Phi) is 4.97. The van der Waals surface area contributed by atoms with Crippen LogP contribution < -0.4 is 5.69 Å². The van der Waals surface area contributed by atoms with E-state index in [9.17, 15) is 9.59 Å². The van der Waals surface area contributed by atoms with Crippen molar-refractivity contribution in [2.24, 2.45) is 0 Å². The molecular formula is C19H24ClN3O3. The van der Waals surface area contributed by atoms with Crippen molar-refractivity contribution in [3.8, 4) is 0 Å². The van der Waals surface area contributed by atoms with Crippen molar-refractivity contribution in [1.29, 1.82) is 0 Å². The normalized spacial score (nSPS) is 18.3. The van der Waals surface area contributed by atoms with Gasteiger partial charge in [-0.05, 0) is 58.2 Å². The van der Waals surface area contributed by atoms with Gasteiger partial charge in [0.1, 0.15) is 17.5 Å². The number of hydrogen-bond donors (Lipinski definition) is 0. The first-order valence-electron chi connectivity index (χ1n) is 8.85. The van der Waals surface area contributed by atoms with Crippen molar-refractivity contribution < 1.29 is 9.53 Å². The van der Waals surface area contributed by atoms with Crippen LogP contribution in [0, 0.1) is 0 Å². The Labute approximate surface area is 157 Å². The molecule has 0 saturated carbocycles. The molecule has 1 aromatic heterocycles. The van der Waals surface area contributed by atoms with Gasteiger partial charge in [0, 0.05) is 11.4 Å². The molecule has 0 aliphatic carbocycles. The molecule has 3 rings (SSSR count). The molecule has 7 heteroatoms. The molecule has 26 heavy (non-hydrogen) atoms. The summed E-state index contributed by atoms with van der Waals surface area (Å²) in [6, 6.07) is 6.47. The van der Waals surface area contributed by atoms with Crippen molar-refractivity contribution >= 4 is 17.6 Å². The van der Waals surface area contributed by atoms with Gasteiger partial charge in [0.15, 0.2) is 0 Å². The van der Waals surface area contributed by atoms with Gasteiger partial charge in [0.2, 0.25) is 0 Å². The summed E-state index contributed by atoms with van der Waals surface area (Å²) in [4.78, 5) is 25.6. The number of rotatable bonds is 3. The number of carbonyl (C=O) groups is 1. The molecule has 6 nitrogen and oxygen atoms in total. The zero-order chi connectivity index (χ0) is 19.1. The van der Waals surface area contributed by atoms with Crippen LogP contribution in [-0.4, -0.2) is 25.9 Å². The van der Waals surface area contributed by atoms with Crippen molar-refractivity contribution in [3.63, 3.8) is 0 Å². The molecule has 0 N–H and O–H groups in total. The fraction of sp³-hybridized carbons (Fsp3) is 0.526. The summed E-state index contributed by atoms with van der Waals surface area (Å²) in [5, 5.41) is 5.15. The van der Waals surface area contributed by atoms with Crippen molar-refractivity contribution in [2.45, 2.75) is 64.6 Å². The Morgan fingerprint density at radius 1 is 1.31 bits per heavy atom. The standard InChI is InChI=1S/C19H24ClN3O3/c1-12(13-8-10-14(20)11-9-13)23-18(25)22-15(6-5-7-16(22)21-23)17(24)26-19(2,3)4/h8-12,15H,5-7H2,1-4H3/t12-,15-/m1/s1. The maximum absolute atomic E-state index is 13.0. The van der Waals surface area contributed by atoms with Crippen LogP contribution in [0.5, 0.6) is 0 Å². The van der Waals surface area contributed by atoms with E-state index in [4.69, 9.17) is 16.3 Å². The van der Waals surface area contributed by atoms with Crippen LogP contribution in [-0.2, 0) is 16.0 Å². The van der Waals surface area contributed by atoms with Crippen LogP contribution in [0.1, 0.15) is 64.0 Å². The molecule has 2 heterocycles. The SMILES string of the molecule is C[C@H](c1ccc(Cl)cc1)n1nc2n(c1=O)[C@@H](C(=O)OC(C)(C)C)CCC2. The van der Waals surface area contributed by atoms with E-state index in [1.807, 2.05) is 39.8 Å². The average molecular weight is 378 g/mol. The third-order valence-electron chi connectivity index (χ3n) is 4.49. The second kappa shape index (κ2) is 6.91. The number of benzene rings is 1. The minimum absolute atomic E-state index is 0.253. The van der Waals surface area contributed by atoms with Crippen LogP contribution in [0.2, 0.25) is 5.02 Å². The second-order valence-electron chi connectivity index (χ2n) is 7.68. The molecular weight excluding hydrogens is 354 g/mol. The lowest BCUT2D eigenvalue weighted by Crippen LogP contribution is -2.38. The van der Waals surface area contributed by atoms with Crippen LogP contribution in [0.25, 0.3) is 0 Å². The highest BCUT2D eigenvalue weighted by Gasteiger charge is 2.34. The molecule has 1 aliphatic heterocycles. The van der Waals surface area contributed by atoms with Gasteiger partial charge in [0.25, 0.3) is 0 Å². The van der Waals surface area contributed by atoms with E-state index in [0.29, 0.717) is 23.7 Å². The summed E-state index contributed by atoms with van der Waals surface area (Å²) in [6.45, 7) is 7.38. The summed E-state index contributed by atoms with van der Waals surface area (Å²) in [7, 11) is 0. The summed E-state index contributed by atoms with van der Waals surface area (Å²) < 4.78 is 8.46. The number of fused-ring (bicyclic) bond motifs is 1. The van der Waals surface area contributed by atoms with Gasteiger partial charge in [-0.15, -0.1) is 0 Å². The van der Waals surface area contributed by atoms with Gasteiger partial charge >= 0.3 is 11.7 Å². The highest BCUT2D eigenvalue weighted by atomic mass is 35.5. The van der Waals surface area contributed by atoms with E-state index in [1.54, 1.807) is 12.1 Å². The summed E-state index contributed by atoms with van der Waals surface area (Å²) in [5.41, 5.74) is 0.0593. The van der Waals surface area contributed by atoms with E-state index < -0.39 is 11.6 Å². The van der Waals surface area contributed by atoms with Crippen molar-refractivity contribution in [2.75, 3.05) is 0 Å². The number of ether oxygens (including phenoxy) is 1. The van der Waals surface area contributed by atoms with Crippen molar-refractivity contribution in [3.05, 3.63) is 51.2 Å². The number of aryl methyl sites for hydroxylation is 1. The van der Waals surface area contributed by atoms with Crippen LogP contribution >= 0.6 is 11.6 Å². The fourth-order valence-electron chi connectivity index (χ4n) is 3.23. The monoisotopic (exact) mass is 377 g/mol. The van der Waals surface area contributed by atoms with Crippen LogP contribution in [0.15, 0.2) is 29.1 Å². The Morgan fingerprint density at radius 3 is 2.58 bits per heavy atom. The maximum atomic E-state index is 13.0. The fourth-order valence-corrected chi connectivity index (χ4v) is 3.36.